The van der Waals surface area contributed by atoms with Crippen LogP contribution in [0.4, 0.5) is 15.8 Å². The Labute approximate surface area is 224 Å². The molecule has 3 aromatic rings. The van der Waals surface area contributed by atoms with Crippen molar-refractivity contribution in [3.8, 4) is 0 Å². The Kier molecular flexibility index (Phi) is 9.07. The maximum Gasteiger partial charge on any atom is 0.251 e. The number of carbonyl (C=O) groups is 2. The SMILES string of the molecule is CC(Cc1cccnc1)C(=O)Nc1ccc(CNC(=O)c2ccc(N3CCN(C(C)C)CC3)cc2)c(F)c1. The molecule has 0 aliphatic carbocycles. The van der Waals surface area contributed by atoms with Gasteiger partial charge in [-0.15, -0.1) is 0 Å². The predicted molar refractivity (Wildman–Crippen MR) is 149 cm³/mol. The highest BCUT2D eigenvalue weighted by atomic mass is 19.1. The number of anilines is 2. The first-order valence-corrected chi connectivity index (χ1v) is 13.2. The van der Waals surface area contributed by atoms with Crippen LogP contribution in [0, 0.1) is 11.7 Å². The van der Waals surface area contributed by atoms with Crippen LogP contribution < -0.4 is 15.5 Å². The van der Waals surface area contributed by atoms with E-state index in [4.69, 9.17) is 0 Å². The first kappa shape index (κ1) is 27.3. The molecule has 1 unspecified atom stereocenters. The van der Waals surface area contributed by atoms with Gasteiger partial charge in [-0.25, -0.2) is 4.39 Å². The van der Waals surface area contributed by atoms with Crippen molar-refractivity contribution in [2.24, 2.45) is 5.92 Å². The average Bonchev–Trinajstić information content (AvgIpc) is 2.93. The molecule has 2 aromatic carbocycles. The van der Waals surface area contributed by atoms with Gasteiger partial charge in [-0.3, -0.25) is 19.5 Å². The number of piperazine rings is 1. The lowest BCUT2D eigenvalue weighted by atomic mass is 10.0. The highest BCUT2D eigenvalue weighted by Gasteiger charge is 2.19. The summed E-state index contributed by atoms with van der Waals surface area (Å²) in [6.45, 7) is 10.3. The van der Waals surface area contributed by atoms with Gasteiger partial charge in [-0.1, -0.05) is 19.1 Å². The number of nitrogens with zero attached hydrogens (tertiary/aromatic N) is 3. The van der Waals surface area contributed by atoms with Crippen LogP contribution in [0.25, 0.3) is 0 Å². The van der Waals surface area contributed by atoms with Crippen molar-refractivity contribution in [3.05, 3.63) is 89.5 Å². The van der Waals surface area contributed by atoms with Crippen molar-refractivity contribution in [1.29, 1.82) is 0 Å². The number of pyridine rings is 1. The number of aromatic nitrogens is 1. The summed E-state index contributed by atoms with van der Waals surface area (Å²) in [4.78, 5) is 34.0. The van der Waals surface area contributed by atoms with Gasteiger partial charge in [-0.05, 0) is 68.3 Å². The molecule has 1 fully saturated rings. The topological polar surface area (TPSA) is 77.6 Å². The molecule has 0 radical (unpaired) electrons. The smallest absolute Gasteiger partial charge is 0.251 e. The summed E-state index contributed by atoms with van der Waals surface area (Å²) in [5.41, 5.74) is 3.32. The second-order valence-corrected chi connectivity index (χ2v) is 10.1. The van der Waals surface area contributed by atoms with Gasteiger partial charge in [-0.2, -0.15) is 0 Å². The predicted octanol–water partition coefficient (Wildman–Crippen LogP) is 4.50. The van der Waals surface area contributed by atoms with E-state index >= 15 is 0 Å². The maximum absolute atomic E-state index is 14.7. The van der Waals surface area contributed by atoms with Gasteiger partial charge in [0.2, 0.25) is 5.91 Å². The van der Waals surface area contributed by atoms with Crippen LogP contribution in [0.5, 0.6) is 0 Å². The minimum absolute atomic E-state index is 0.0508. The van der Waals surface area contributed by atoms with Crippen LogP contribution in [0.15, 0.2) is 67.0 Å². The zero-order valence-corrected chi connectivity index (χ0v) is 22.3. The second kappa shape index (κ2) is 12.6. The number of benzene rings is 2. The van der Waals surface area contributed by atoms with Gasteiger partial charge >= 0.3 is 0 Å². The molecule has 0 spiro atoms. The zero-order valence-electron chi connectivity index (χ0n) is 22.3. The second-order valence-electron chi connectivity index (χ2n) is 10.1. The molecule has 1 aromatic heterocycles. The largest absolute Gasteiger partial charge is 0.369 e. The lowest BCUT2D eigenvalue weighted by molar-refractivity contribution is -0.119. The Bertz CT molecular complexity index is 1230. The Morgan fingerprint density at radius 1 is 1.00 bits per heavy atom. The molecule has 8 heteroatoms. The monoisotopic (exact) mass is 517 g/mol. The van der Waals surface area contributed by atoms with E-state index in [1.54, 1.807) is 36.7 Å². The minimum atomic E-state index is -0.487. The number of hydrogen-bond donors (Lipinski definition) is 2. The van der Waals surface area contributed by atoms with E-state index in [2.05, 4.69) is 39.3 Å². The number of amides is 2. The standard InChI is InChI=1S/C30H36FN5O2/c1-21(2)35-13-15-36(16-14-35)27-10-7-24(8-11-27)30(38)33-20-25-6-9-26(18-28(25)31)34-29(37)22(3)17-23-5-4-12-32-19-23/h4-12,18-19,21-22H,13-17,20H2,1-3H3,(H,33,38)(H,34,37). The van der Waals surface area contributed by atoms with Crippen molar-refractivity contribution >= 4 is 23.2 Å². The molecule has 200 valence electrons. The van der Waals surface area contributed by atoms with Gasteiger partial charge < -0.3 is 15.5 Å². The highest BCUT2D eigenvalue weighted by Crippen LogP contribution is 2.19. The fraction of sp³-hybridized carbons (Fsp3) is 0.367. The van der Waals surface area contributed by atoms with Gasteiger partial charge in [0.05, 0.1) is 0 Å². The molecule has 1 atom stereocenters. The zero-order chi connectivity index (χ0) is 27.1. The molecular weight excluding hydrogens is 481 g/mol. The summed E-state index contributed by atoms with van der Waals surface area (Å²) in [6, 6.07) is 16.4. The van der Waals surface area contributed by atoms with E-state index in [1.165, 1.54) is 6.07 Å². The number of rotatable bonds is 9. The van der Waals surface area contributed by atoms with Crippen LogP contribution in [-0.2, 0) is 17.8 Å². The van der Waals surface area contributed by atoms with E-state index in [0.29, 0.717) is 29.3 Å². The normalized spacial score (nSPS) is 14.8. The fourth-order valence-corrected chi connectivity index (χ4v) is 4.60. The van der Waals surface area contributed by atoms with Gasteiger partial charge in [0.25, 0.3) is 5.91 Å². The highest BCUT2D eigenvalue weighted by molar-refractivity contribution is 5.94. The molecule has 7 nitrogen and oxygen atoms in total. The van der Waals surface area contributed by atoms with Gasteiger partial charge in [0.1, 0.15) is 5.82 Å². The fourth-order valence-electron chi connectivity index (χ4n) is 4.60. The van der Waals surface area contributed by atoms with E-state index in [0.717, 1.165) is 37.4 Å². The van der Waals surface area contributed by atoms with Crippen LogP contribution in [0.2, 0.25) is 0 Å². The van der Waals surface area contributed by atoms with Crippen molar-refractivity contribution in [2.75, 3.05) is 36.4 Å². The third-order valence-electron chi connectivity index (χ3n) is 7.01. The molecule has 0 saturated carbocycles. The summed E-state index contributed by atoms with van der Waals surface area (Å²) in [6.07, 6.45) is 3.96. The van der Waals surface area contributed by atoms with Crippen molar-refractivity contribution in [1.82, 2.24) is 15.2 Å². The average molecular weight is 518 g/mol. The number of carbonyl (C=O) groups excluding carboxylic acids is 2. The first-order valence-electron chi connectivity index (χ1n) is 13.2. The van der Waals surface area contributed by atoms with Crippen LogP contribution in [0.3, 0.4) is 0 Å². The Balaban J connectivity index is 1.27. The molecule has 2 amide bonds. The third kappa shape index (κ3) is 7.16. The number of nitrogens with one attached hydrogen (secondary N) is 2. The Hall–Kier alpha value is -3.78. The van der Waals surface area contributed by atoms with Crippen LogP contribution >= 0.6 is 0 Å². The summed E-state index contributed by atoms with van der Waals surface area (Å²) in [5.74, 6) is -1.24. The lowest BCUT2D eigenvalue weighted by Crippen LogP contribution is -2.48. The Morgan fingerprint density at radius 2 is 1.74 bits per heavy atom. The summed E-state index contributed by atoms with van der Waals surface area (Å²) in [7, 11) is 0. The van der Waals surface area contributed by atoms with E-state index in [-0.39, 0.29) is 24.3 Å². The lowest BCUT2D eigenvalue weighted by Gasteiger charge is -2.38. The van der Waals surface area contributed by atoms with Gasteiger partial charge in [0, 0.05) is 79.6 Å². The molecule has 0 bridgehead atoms. The number of hydrogen-bond acceptors (Lipinski definition) is 5. The van der Waals surface area contributed by atoms with Crippen LogP contribution in [0.1, 0.15) is 42.3 Å². The summed E-state index contributed by atoms with van der Waals surface area (Å²) in [5, 5.41) is 5.55. The van der Waals surface area contributed by atoms with Crippen molar-refractivity contribution in [2.45, 2.75) is 39.8 Å². The van der Waals surface area contributed by atoms with Gasteiger partial charge in [0.15, 0.2) is 0 Å². The minimum Gasteiger partial charge on any atom is -0.369 e. The molecule has 1 aliphatic rings. The molecule has 1 aliphatic heterocycles. The quantitative estimate of drug-likeness (QED) is 0.437. The van der Waals surface area contributed by atoms with Crippen molar-refractivity contribution < 1.29 is 14.0 Å². The maximum atomic E-state index is 14.7. The summed E-state index contributed by atoms with van der Waals surface area (Å²) < 4.78 is 14.7. The Morgan fingerprint density at radius 3 is 2.37 bits per heavy atom. The summed E-state index contributed by atoms with van der Waals surface area (Å²) >= 11 is 0. The molecule has 2 heterocycles. The van der Waals surface area contributed by atoms with Crippen LogP contribution in [-0.4, -0.2) is 53.9 Å². The first-order chi connectivity index (χ1) is 18.3. The molecule has 2 N–H and O–H groups in total. The van der Waals surface area contributed by atoms with Crippen molar-refractivity contribution in [3.63, 3.8) is 0 Å². The number of halogens is 1. The molecule has 38 heavy (non-hydrogen) atoms. The van der Waals surface area contributed by atoms with E-state index < -0.39 is 5.82 Å². The third-order valence-corrected chi connectivity index (χ3v) is 7.01. The van der Waals surface area contributed by atoms with E-state index in [9.17, 15) is 14.0 Å². The molecule has 4 rings (SSSR count). The molecular formula is C30H36FN5O2. The molecule has 1 saturated heterocycles. The van der Waals surface area contributed by atoms with E-state index in [1.807, 2.05) is 31.2 Å².